The van der Waals surface area contributed by atoms with Crippen LogP contribution in [0.25, 0.3) is 0 Å². The summed E-state index contributed by atoms with van der Waals surface area (Å²) in [5.41, 5.74) is -0.304. The first-order valence-electron chi connectivity index (χ1n) is 5.42. The molecule has 0 aliphatic carbocycles. The Labute approximate surface area is 91.0 Å². The molecule has 1 aliphatic heterocycles. The molecule has 1 N–H and O–H groups in total. The molecule has 0 saturated carbocycles. The molecule has 2 amide bonds. The lowest BCUT2D eigenvalue weighted by molar-refractivity contribution is -0.154. The number of hydrogen-bond donors (Lipinski definition) is 1. The zero-order valence-electron chi connectivity index (χ0n) is 10.1. The van der Waals surface area contributed by atoms with Crippen LogP contribution in [0.15, 0.2) is 0 Å². The summed E-state index contributed by atoms with van der Waals surface area (Å²) in [5.74, 6) is -0.0338. The second-order valence-electron chi connectivity index (χ2n) is 5.02. The van der Waals surface area contributed by atoms with Crippen LogP contribution in [0.1, 0.15) is 41.0 Å². The number of nitrogens with zero attached hydrogens (tertiary/aromatic N) is 1. The maximum absolute atomic E-state index is 12.1. The third kappa shape index (κ3) is 2.13. The summed E-state index contributed by atoms with van der Waals surface area (Å²) in [5, 5.41) is 2.74. The molecule has 0 spiro atoms. The minimum atomic E-state index is -0.375. The van der Waals surface area contributed by atoms with Gasteiger partial charge in [-0.3, -0.25) is 9.59 Å². The summed E-state index contributed by atoms with van der Waals surface area (Å²) < 4.78 is 0. The SMILES string of the molecule is CCC1NC(=O)C(C)N(C(C)(C)C)C1=O. The Morgan fingerprint density at radius 3 is 2.27 bits per heavy atom. The molecular weight excluding hydrogens is 192 g/mol. The summed E-state index contributed by atoms with van der Waals surface area (Å²) in [6, 6.07) is -0.728. The monoisotopic (exact) mass is 212 g/mol. The quantitative estimate of drug-likeness (QED) is 0.702. The van der Waals surface area contributed by atoms with Crippen LogP contribution in [-0.4, -0.2) is 34.3 Å². The fourth-order valence-corrected chi connectivity index (χ4v) is 2.02. The lowest BCUT2D eigenvalue weighted by atomic mass is 9.97. The molecule has 0 bridgehead atoms. The molecule has 2 atom stereocenters. The first-order valence-corrected chi connectivity index (χ1v) is 5.42. The lowest BCUT2D eigenvalue weighted by Crippen LogP contribution is -2.66. The molecular formula is C11H20N2O2. The van der Waals surface area contributed by atoms with E-state index in [2.05, 4.69) is 5.32 Å². The van der Waals surface area contributed by atoms with E-state index in [4.69, 9.17) is 0 Å². The van der Waals surface area contributed by atoms with E-state index in [-0.39, 0.29) is 29.4 Å². The summed E-state index contributed by atoms with van der Waals surface area (Å²) in [6.07, 6.45) is 0.643. The van der Waals surface area contributed by atoms with Crippen molar-refractivity contribution in [3.05, 3.63) is 0 Å². The van der Waals surface area contributed by atoms with Crippen molar-refractivity contribution in [3.8, 4) is 0 Å². The van der Waals surface area contributed by atoms with Crippen molar-refractivity contribution < 1.29 is 9.59 Å². The van der Waals surface area contributed by atoms with Gasteiger partial charge in [0.1, 0.15) is 12.1 Å². The van der Waals surface area contributed by atoms with Gasteiger partial charge in [-0.1, -0.05) is 6.92 Å². The van der Waals surface area contributed by atoms with Gasteiger partial charge in [-0.2, -0.15) is 0 Å². The predicted molar refractivity (Wildman–Crippen MR) is 58.3 cm³/mol. The molecule has 86 valence electrons. The van der Waals surface area contributed by atoms with E-state index in [1.54, 1.807) is 11.8 Å². The van der Waals surface area contributed by atoms with Crippen molar-refractivity contribution in [2.24, 2.45) is 0 Å². The minimum absolute atomic E-state index is 0.0251. The summed E-state index contributed by atoms with van der Waals surface area (Å²) in [7, 11) is 0. The first kappa shape index (κ1) is 12.0. The fourth-order valence-electron chi connectivity index (χ4n) is 2.02. The van der Waals surface area contributed by atoms with Gasteiger partial charge in [0.25, 0.3) is 0 Å². The Morgan fingerprint density at radius 2 is 1.87 bits per heavy atom. The number of carbonyl (C=O) groups excluding carboxylic acids is 2. The number of carbonyl (C=O) groups is 2. The zero-order valence-corrected chi connectivity index (χ0v) is 10.1. The van der Waals surface area contributed by atoms with Crippen molar-refractivity contribution in [1.82, 2.24) is 10.2 Å². The van der Waals surface area contributed by atoms with E-state index in [9.17, 15) is 9.59 Å². The molecule has 15 heavy (non-hydrogen) atoms. The number of hydrogen-bond acceptors (Lipinski definition) is 2. The van der Waals surface area contributed by atoms with Gasteiger partial charge in [0.2, 0.25) is 11.8 Å². The molecule has 1 fully saturated rings. The largest absolute Gasteiger partial charge is 0.343 e. The molecule has 2 unspecified atom stereocenters. The Hall–Kier alpha value is -1.06. The van der Waals surface area contributed by atoms with Gasteiger partial charge in [0, 0.05) is 5.54 Å². The molecule has 4 heteroatoms. The highest BCUT2D eigenvalue weighted by atomic mass is 16.2. The van der Waals surface area contributed by atoms with Gasteiger partial charge in [0.15, 0.2) is 0 Å². The highest BCUT2D eigenvalue weighted by Gasteiger charge is 2.42. The van der Waals surface area contributed by atoms with Gasteiger partial charge in [-0.15, -0.1) is 0 Å². The average Bonchev–Trinajstić information content (AvgIpc) is 2.09. The van der Waals surface area contributed by atoms with Crippen LogP contribution in [0.3, 0.4) is 0 Å². The van der Waals surface area contributed by atoms with E-state index < -0.39 is 0 Å². The standard InChI is InChI=1S/C11H20N2O2/c1-6-8-10(15)13(11(3,4)5)7(2)9(14)12-8/h7-8H,6H2,1-5H3,(H,12,14). The van der Waals surface area contributed by atoms with Crippen LogP contribution in [0.5, 0.6) is 0 Å². The van der Waals surface area contributed by atoms with Crippen LogP contribution in [0.2, 0.25) is 0 Å². The third-order valence-electron chi connectivity index (χ3n) is 2.75. The van der Waals surface area contributed by atoms with E-state index in [0.29, 0.717) is 6.42 Å². The van der Waals surface area contributed by atoms with Crippen molar-refractivity contribution in [3.63, 3.8) is 0 Å². The lowest BCUT2D eigenvalue weighted by Gasteiger charge is -2.45. The average molecular weight is 212 g/mol. The normalized spacial score (nSPS) is 27.9. The molecule has 4 nitrogen and oxygen atoms in total. The summed E-state index contributed by atoms with van der Waals surface area (Å²) in [6.45, 7) is 9.52. The van der Waals surface area contributed by atoms with E-state index in [1.165, 1.54) is 0 Å². The van der Waals surface area contributed by atoms with Crippen LogP contribution >= 0.6 is 0 Å². The molecule has 1 saturated heterocycles. The number of nitrogens with one attached hydrogen (secondary N) is 1. The maximum Gasteiger partial charge on any atom is 0.246 e. The second-order valence-corrected chi connectivity index (χ2v) is 5.02. The molecule has 0 aromatic heterocycles. The molecule has 1 rings (SSSR count). The van der Waals surface area contributed by atoms with E-state index in [1.807, 2.05) is 27.7 Å². The highest BCUT2D eigenvalue weighted by molar-refractivity contribution is 5.97. The Balaban J connectivity index is 3.00. The topological polar surface area (TPSA) is 49.4 Å². The van der Waals surface area contributed by atoms with Crippen molar-refractivity contribution in [1.29, 1.82) is 0 Å². The van der Waals surface area contributed by atoms with Crippen molar-refractivity contribution in [2.75, 3.05) is 0 Å². The Kier molecular flexibility index (Phi) is 3.07. The molecule has 1 heterocycles. The van der Waals surface area contributed by atoms with Gasteiger partial charge < -0.3 is 10.2 Å². The first-order chi connectivity index (χ1) is 6.79. The van der Waals surface area contributed by atoms with Gasteiger partial charge >= 0.3 is 0 Å². The minimum Gasteiger partial charge on any atom is -0.343 e. The fraction of sp³-hybridized carbons (Fsp3) is 0.818. The number of piperazine rings is 1. The zero-order chi connectivity index (χ0) is 11.8. The van der Waals surface area contributed by atoms with Crippen LogP contribution < -0.4 is 5.32 Å². The van der Waals surface area contributed by atoms with E-state index in [0.717, 1.165) is 0 Å². The second kappa shape index (κ2) is 3.83. The van der Waals surface area contributed by atoms with Gasteiger partial charge in [0.05, 0.1) is 0 Å². The maximum atomic E-state index is 12.1. The molecule has 0 aromatic rings. The van der Waals surface area contributed by atoms with Gasteiger partial charge in [-0.25, -0.2) is 0 Å². The Bertz CT molecular complexity index is 281. The number of rotatable bonds is 1. The Morgan fingerprint density at radius 1 is 1.33 bits per heavy atom. The van der Waals surface area contributed by atoms with Crippen molar-refractivity contribution in [2.45, 2.75) is 58.7 Å². The van der Waals surface area contributed by atoms with Crippen LogP contribution in [-0.2, 0) is 9.59 Å². The van der Waals surface area contributed by atoms with Crippen molar-refractivity contribution >= 4 is 11.8 Å². The highest BCUT2D eigenvalue weighted by Crippen LogP contribution is 2.22. The predicted octanol–water partition coefficient (Wildman–Crippen LogP) is 0.910. The smallest absolute Gasteiger partial charge is 0.246 e. The molecule has 0 aromatic carbocycles. The summed E-state index contributed by atoms with van der Waals surface area (Å²) in [4.78, 5) is 25.4. The van der Waals surface area contributed by atoms with Crippen LogP contribution in [0.4, 0.5) is 0 Å². The van der Waals surface area contributed by atoms with Gasteiger partial charge in [-0.05, 0) is 34.1 Å². The summed E-state index contributed by atoms with van der Waals surface area (Å²) >= 11 is 0. The third-order valence-corrected chi connectivity index (χ3v) is 2.75. The van der Waals surface area contributed by atoms with Crippen LogP contribution in [0, 0.1) is 0 Å². The molecule has 1 aliphatic rings. The number of amides is 2. The van der Waals surface area contributed by atoms with E-state index >= 15 is 0 Å². The molecule has 0 radical (unpaired) electrons.